The van der Waals surface area contributed by atoms with Gasteiger partial charge in [-0.2, -0.15) is 0 Å². The van der Waals surface area contributed by atoms with E-state index in [1.165, 1.54) is 4.90 Å². The molecule has 0 aliphatic carbocycles. The van der Waals surface area contributed by atoms with Gasteiger partial charge in [-0.25, -0.2) is 0 Å². The fraction of sp³-hybridized carbons (Fsp3) is 0.533. The molecule has 0 aromatic heterocycles. The summed E-state index contributed by atoms with van der Waals surface area (Å²) in [5.41, 5.74) is 0.790. The van der Waals surface area contributed by atoms with Crippen molar-refractivity contribution < 1.29 is 14.4 Å². The van der Waals surface area contributed by atoms with Gasteiger partial charge >= 0.3 is 0 Å². The zero-order chi connectivity index (χ0) is 14.5. The number of morpholine rings is 1. The van der Waals surface area contributed by atoms with Crippen LogP contribution in [0.4, 0.5) is 5.69 Å². The first-order valence-electron chi connectivity index (χ1n) is 7.07. The van der Waals surface area contributed by atoms with Gasteiger partial charge in [-0.15, -0.1) is 0 Å². The van der Waals surface area contributed by atoms with Crippen molar-refractivity contribution in [2.75, 3.05) is 25.0 Å². The van der Waals surface area contributed by atoms with Crippen molar-refractivity contribution >= 4 is 23.2 Å². The van der Waals surface area contributed by atoms with Gasteiger partial charge in [-0.3, -0.25) is 4.79 Å². The average Bonchev–Trinajstić information content (AvgIpc) is 2.38. The number of quaternary nitrogens is 1. The summed E-state index contributed by atoms with van der Waals surface area (Å²) in [7, 11) is 0. The van der Waals surface area contributed by atoms with E-state index in [2.05, 4.69) is 19.2 Å². The number of carbonyl (C=O) groups excluding carboxylic acids is 1. The van der Waals surface area contributed by atoms with Crippen molar-refractivity contribution in [3.63, 3.8) is 0 Å². The highest BCUT2D eigenvalue weighted by Crippen LogP contribution is 2.13. The molecule has 2 atom stereocenters. The highest BCUT2D eigenvalue weighted by molar-refractivity contribution is 6.30. The smallest absolute Gasteiger partial charge is 0.230 e. The van der Waals surface area contributed by atoms with E-state index < -0.39 is 0 Å². The molecule has 1 aliphatic heterocycles. The Morgan fingerprint density at radius 1 is 1.30 bits per heavy atom. The van der Waals surface area contributed by atoms with Crippen molar-refractivity contribution in [2.45, 2.75) is 32.5 Å². The van der Waals surface area contributed by atoms with E-state index >= 15 is 0 Å². The Morgan fingerprint density at radius 3 is 2.50 bits per heavy atom. The van der Waals surface area contributed by atoms with Gasteiger partial charge in [0, 0.05) is 10.7 Å². The van der Waals surface area contributed by atoms with Gasteiger partial charge in [0.2, 0.25) is 5.91 Å². The molecule has 4 nitrogen and oxygen atoms in total. The molecule has 1 aromatic carbocycles. The monoisotopic (exact) mass is 297 g/mol. The number of benzene rings is 1. The number of hydrogen-bond acceptors (Lipinski definition) is 2. The Kier molecular flexibility index (Phi) is 5.40. The Balaban J connectivity index is 1.76. The standard InChI is InChI=1S/C15H21ClN2O2/c1-11-9-18(10-12(2)20-11)8-7-15(19)17-14-5-3-13(16)4-6-14/h3-6,11-12H,7-10H2,1-2H3,(H,17,19)/p+1/t11-,12-/m1/s1. The number of amides is 1. The number of nitrogens with one attached hydrogen (secondary N) is 2. The van der Waals surface area contributed by atoms with Gasteiger partial charge in [-0.05, 0) is 38.1 Å². The van der Waals surface area contributed by atoms with E-state index in [4.69, 9.17) is 16.3 Å². The first-order valence-corrected chi connectivity index (χ1v) is 7.45. The molecule has 5 heteroatoms. The second-order valence-electron chi connectivity index (χ2n) is 5.47. The van der Waals surface area contributed by atoms with Crippen LogP contribution in [0.1, 0.15) is 20.3 Å². The predicted molar refractivity (Wildman–Crippen MR) is 80.3 cm³/mol. The highest BCUT2D eigenvalue weighted by Gasteiger charge is 2.25. The number of rotatable bonds is 4. The lowest BCUT2D eigenvalue weighted by atomic mass is 10.2. The maximum atomic E-state index is 11.9. The van der Waals surface area contributed by atoms with E-state index in [-0.39, 0.29) is 18.1 Å². The molecule has 0 saturated carbocycles. The van der Waals surface area contributed by atoms with Gasteiger partial charge in [0.1, 0.15) is 25.3 Å². The summed E-state index contributed by atoms with van der Waals surface area (Å²) in [5.74, 6) is 0.0478. The van der Waals surface area contributed by atoms with Crippen molar-refractivity contribution in [1.82, 2.24) is 0 Å². The molecule has 1 saturated heterocycles. The molecule has 0 spiro atoms. The molecule has 1 aliphatic rings. The minimum Gasteiger partial charge on any atom is -0.364 e. The summed E-state index contributed by atoms with van der Waals surface area (Å²) in [6.07, 6.45) is 1.07. The fourth-order valence-corrected chi connectivity index (χ4v) is 2.77. The first kappa shape index (κ1) is 15.3. The average molecular weight is 298 g/mol. The second-order valence-corrected chi connectivity index (χ2v) is 5.91. The molecule has 1 aromatic rings. The first-order chi connectivity index (χ1) is 9.52. The largest absolute Gasteiger partial charge is 0.364 e. The maximum Gasteiger partial charge on any atom is 0.230 e. The molecule has 2 rings (SSSR count). The molecule has 1 heterocycles. The van der Waals surface area contributed by atoms with E-state index in [0.29, 0.717) is 11.4 Å². The van der Waals surface area contributed by atoms with Crippen molar-refractivity contribution in [3.05, 3.63) is 29.3 Å². The molecule has 2 N–H and O–H groups in total. The van der Waals surface area contributed by atoms with Crippen LogP contribution in [0.25, 0.3) is 0 Å². The van der Waals surface area contributed by atoms with Gasteiger partial charge in [-0.1, -0.05) is 11.6 Å². The van der Waals surface area contributed by atoms with E-state index in [1.807, 2.05) is 12.1 Å². The maximum absolute atomic E-state index is 11.9. The Bertz CT molecular complexity index is 440. The molecule has 0 unspecified atom stereocenters. The number of carbonyl (C=O) groups is 1. The zero-order valence-corrected chi connectivity index (χ0v) is 12.7. The topological polar surface area (TPSA) is 42.8 Å². The van der Waals surface area contributed by atoms with E-state index in [0.717, 1.165) is 25.3 Å². The highest BCUT2D eigenvalue weighted by atomic mass is 35.5. The van der Waals surface area contributed by atoms with Gasteiger partial charge in [0.25, 0.3) is 0 Å². The van der Waals surface area contributed by atoms with Crippen LogP contribution in [0.15, 0.2) is 24.3 Å². The summed E-state index contributed by atoms with van der Waals surface area (Å²) in [4.78, 5) is 13.3. The lowest BCUT2D eigenvalue weighted by Gasteiger charge is -2.32. The minimum atomic E-state index is 0.0478. The van der Waals surface area contributed by atoms with Crippen LogP contribution < -0.4 is 10.2 Å². The Labute approximate surface area is 125 Å². The van der Waals surface area contributed by atoms with Gasteiger partial charge in [0.05, 0.1) is 13.0 Å². The lowest BCUT2D eigenvalue weighted by Crippen LogP contribution is -3.15. The number of anilines is 1. The summed E-state index contributed by atoms with van der Waals surface area (Å²) in [6, 6.07) is 7.17. The minimum absolute atomic E-state index is 0.0478. The summed E-state index contributed by atoms with van der Waals surface area (Å²) in [6.45, 7) is 6.96. The van der Waals surface area contributed by atoms with Crippen LogP contribution in [-0.2, 0) is 9.53 Å². The van der Waals surface area contributed by atoms with Crippen LogP contribution >= 0.6 is 11.6 Å². The lowest BCUT2D eigenvalue weighted by molar-refractivity contribution is -0.914. The van der Waals surface area contributed by atoms with Crippen molar-refractivity contribution in [2.24, 2.45) is 0 Å². The van der Waals surface area contributed by atoms with E-state index in [9.17, 15) is 4.79 Å². The molecule has 0 bridgehead atoms. The van der Waals surface area contributed by atoms with Gasteiger partial charge < -0.3 is 15.0 Å². The molecule has 1 amide bonds. The summed E-state index contributed by atoms with van der Waals surface area (Å²) < 4.78 is 5.70. The molecule has 110 valence electrons. The number of halogens is 1. The normalized spacial score (nSPS) is 26.2. The summed E-state index contributed by atoms with van der Waals surface area (Å²) in [5, 5.41) is 3.56. The van der Waals surface area contributed by atoms with Crippen LogP contribution in [0, 0.1) is 0 Å². The van der Waals surface area contributed by atoms with Crippen molar-refractivity contribution in [3.8, 4) is 0 Å². The molecular weight excluding hydrogens is 276 g/mol. The zero-order valence-electron chi connectivity index (χ0n) is 12.0. The van der Waals surface area contributed by atoms with E-state index in [1.54, 1.807) is 12.1 Å². The molecule has 1 fully saturated rings. The SMILES string of the molecule is C[C@@H]1C[NH+](CCC(=O)Nc2ccc(Cl)cc2)C[C@@H](C)O1. The second kappa shape index (κ2) is 7.07. The van der Waals surface area contributed by atoms with Crippen molar-refractivity contribution in [1.29, 1.82) is 0 Å². The van der Waals surface area contributed by atoms with Gasteiger partial charge in [0.15, 0.2) is 0 Å². The third-order valence-electron chi connectivity index (χ3n) is 3.45. The molecule has 20 heavy (non-hydrogen) atoms. The summed E-state index contributed by atoms with van der Waals surface area (Å²) >= 11 is 5.81. The van der Waals surface area contributed by atoms with Crippen LogP contribution in [-0.4, -0.2) is 37.7 Å². The Hall–Kier alpha value is -1.10. The Morgan fingerprint density at radius 2 is 1.90 bits per heavy atom. The molecular formula is C15H22ClN2O2+. The third kappa shape index (κ3) is 4.78. The van der Waals surface area contributed by atoms with Crippen LogP contribution in [0.3, 0.4) is 0 Å². The van der Waals surface area contributed by atoms with Crippen LogP contribution in [0.5, 0.6) is 0 Å². The quantitative estimate of drug-likeness (QED) is 0.881. The molecule has 0 radical (unpaired) electrons. The fourth-order valence-electron chi connectivity index (χ4n) is 2.64. The third-order valence-corrected chi connectivity index (χ3v) is 3.70. The predicted octanol–water partition coefficient (Wildman–Crippen LogP) is 1.36. The van der Waals surface area contributed by atoms with Crippen LogP contribution in [0.2, 0.25) is 5.02 Å². The number of ether oxygens (including phenoxy) is 1. The number of hydrogen-bond donors (Lipinski definition) is 2.